The smallest absolute Gasteiger partial charge is 0.303 e. The lowest BCUT2D eigenvalue weighted by Crippen LogP contribution is -2.08. The number of hydrogen-bond donors (Lipinski definition) is 1. The van der Waals surface area contributed by atoms with Crippen LogP contribution >= 0.6 is 0 Å². The first kappa shape index (κ1) is 11.3. The molecule has 1 aromatic heterocycles. The molecule has 1 unspecified atom stereocenters. The van der Waals surface area contributed by atoms with Crippen LogP contribution in [0.3, 0.4) is 0 Å². The number of benzene rings is 1. The van der Waals surface area contributed by atoms with E-state index in [9.17, 15) is 4.79 Å². The standard InChI is InChI=1S/C14H15NO3/c1-8-15-12-4-2-3-10(14(12)18-8)11(7-13(16)17)9-5-6-9/h2-4,9,11H,5-7H2,1H3,(H,16,17). The number of hydrogen-bond acceptors (Lipinski definition) is 3. The van der Waals surface area contributed by atoms with E-state index in [0.717, 1.165) is 29.5 Å². The maximum absolute atomic E-state index is 11.0. The molecule has 1 fully saturated rings. The van der Waals surface area contributed by atoms with Gasteiger partial charge in [-0.3, -0.25) is 4.79 Å². The molecule has 94 valence electrons. The molecular weight excluding hydrogens is 230 g/mol. The number of aromatic nitrogens is 1. The molecule has 0 spiro atoms. The SMILES string of the molecule is Cc1nc2cccc(C(CC(=O)O)C3CC3)c2o1. The number of aliphatic carboxylic acids is 1. The zero-order chi connectivity index (χ0) is 12.7. The van der Waals surface area contributed by atoms with E-state index in [1.54, 1.807) is 0 Å². The summed E-state index contributed by atoms with van der Waals surface area (Å²) in [6, 6.07) is 5.80. The Kier molecular flexibility index (Phi) is 2.58. The summed E-state index contributed by atoms with van der Waals surface area (Å²) in [5.41, 5.74) is 2.58. The van der Waals surface area contributed by atoms with Crippen LogP contribution in [0.5, 0.6) is 0 Å². The van der Waals surface area contributed by atoms with E-state index in [-0.39, 0.29) is 12.3 Å². The Bertz CT molecular complexity index is 598. The molecule has 4 nitrogen and oxygen atoms in total. The van der Waals surface area contributed by atoms with Crippen molar-refractivity contribution in [1.82, 2.24) is 4.98 Å². The van der Waals surface area contributed by atoms with E-state index in [1.165, 1.54) is 0 Å². The molecule has 2 aromatic rings. The van der Waals surface area contributed by atoms with Crippen LogP contribution in [0.4, 0.5) is 0 Å². The molecule has 1 aromatic carbocycles. The lowest BCUT2D eigenvalue weighted by atomic mass is 9.90. The number of rotatable bonds is 4. The second-order valence-electron chi connectivity index (χ2n) is 4.97. The predicted octanol–water partition coefficient (Wildman–Crippen LogP) is 3.10. The van der Waals surface area contributed by atoms with Crippen LogP contribution in [0.2, 0.25) is 0 Å². The first-order valence-corrected chi connectivity index (χ1v) is 6.23. The molecular formula is C14H15NO3. The van der Waals surface area contributed by atoms with Crippen molar-refractivity contribution >= 4 is 17.1 Å². The van der Waals surface area contributed by atoms with Gasteiger partial charge in [0, 0.05) is 18.4 Å². The fourth-order valence-electron chi connectivity index (χ4n) is 2.59. The predicted molar refractivity (Wildman–Crippen MR) is 66.5 cm³/mol. The number of fused-ring (bicyclic) bond motifs is 1. The second kappa shape index (κ2) is 4.12. The van der Waals surface area contributed by atoms with Gasteiger partial charge in [-0.05, 0) is 24.8 Å². The van der Waals surface area contributed by atoms with Crippen molar-refractivity contribution in [2.24, 2.45) is 5.92 Å². The quantitative estimate of drug-likeness (QED) is 0.898. The Hall–Kier alpha value is -1.84. The summed E-state index contributed by atoms with van der Waals surface area (Å²) in [6.45, 7) is 1.81. The molecule has 1 N–H and O–H groups in total. The van der Waals surface area contributed by atoms with Gasteiger partial charge in [-0.2, -0.15) is 0 Å². The van der Waals surface area contributed by atoms with Gasteiger partial charge in [0.15, 0.2) is 11.5 Å². The number of carbonyl (C=O) groups is 1. The molecule has 1 aliphatic carbocycles. The van der Waals surface area contributed by atoms with E-state index < -0.39 is 5.97 Å². The Morgan fingerprint density at radius 2 is 2.33 bits per heavy atom. The van der Waals surface area contributed by atoms with E-state index in [4.69, 9.17) is 9.52 Å². The van der Waals surface area contributed by atoms with Crippen LogP contribution in [0.25, 0.3) is 11.1 Å². The highest BCUT2D eigenvalue weighted by molar-refractivity contribution is 5.78. The minimum absolute atomic E-state index is 0.0542. The topological polar surface area (TPSA) is 63.3 Å². The van der Waals surface area contributed by atoms with E-state index in [2.05, 4.69) is 4.98 Å². The first-order valence-electron chi connectivity index (χ1n) is 6.23. The molecule has 1 saturated carbocycles. The van der Waals surface area contributed by atoms with Gasteiger partial charge in [0.25, 0.3) is 0 Å². The molecule has 0 radical (unpaired) electrons. The minimum atomic E-state index is -0.750. The molecule has 0 saturated heterocycles. The van der Waals surface area contributed by atoms with Crippen LogP contribution in [-0.4, -0.2) is 16.1 Å². The summed E-state index contributed by atoms with van der Waals surface area (Å²) in [6.07, 6.45) is 2.40. The molecule has 0 amide bonds. The van der Waals surface area contributed by atoms with Gasteiger partial charge in [-0.15, -0.1) is 0 Å². The van der Waals surface area contributed by atoms with Gasteiger partial charge in [0.05, 0.1) is 6.42 Å². The average molecular weight is 245 g/mol. The van der Waals surface area contributed by atoms with Crippen molar-refractivity contribution in [3.05, 3.63) is 29.7 Å². The summed E-state index contributed by atoms with van der Waals surface area (Å²) in [5, 5.41) is 9.05. The first-order chi connectivity index (χ1) is 8.65. The molecule has 0 aliphatic heterocycles. The highest BCUT2D eigenvalue weighted by Gasteiger charge is 2.35. The van der Waals surface area contributed by atoms with Crippen LogP contribution in [-0.2, 0) is 4.79 Å². The fraction of sp³-hybridized carbons (Fsp3) is 0.429. The number of para-hydroxylation sites is 1. The number of carboxylic acids is 1. The zero-order valence-corrected chi connectivity index (χ0v) is 10.2. The van der Waals surface area contributed by atoms with E-state index in [0.29, 0.717) is 11.8 Å². The summed E-state index contributed by atoms with van der Waals surface area (Å²) >= 11 is 0. The second-order valence-corrected chi connectivity index (χ2v) is 4.97. The summed E-state index contributed by atoms with van der Waals surface area (Å²) in [7, 11) is 0. The lowest BCUT2D eigenvalue weighted by Gasteiger charge is -2.14. The average Bonchev–Trinajstić information content (AvgIpc) is 3.06. The Labute approximate surface area is 105 Å². The Morgan fingerprint density at radius 3 is 3.00 bits per heavy atom. The molecule has 0 bridgehead atoms. The van der Waals surface area contributed by atoms with Crippen LogP contribution < -0.4 is 0 Å². The highest BCUT2D eigenvalue weighted by Crippen LogP contribution is 2.46. The van der Waals surface area contributed by atoms with Crippen LogP contribution in [0, 0.1) is 12.8 Å². The van der Waals surface area contributed by atoms with Gasteiger partial charge in [0.1, 0.15) is 5.52 Å². The summed E-state index contributed by atoms with van der Waals surface area (Å²) < 4.78 is 5.64. The number of nitrogens with zero attached hydrogens (tertiary/aromatic N) is 1. The lowest BCUT2D eigenvalue weighted by molar-refractivity contribution is -0.137. The maximum Gasteiger partial charge on any atom is 0.303 e. The number of carboxylic acid groups (broad SMARTS) is 1. The van der Waals surface area contributed by atoms with Crippen molar-refractivity contribution in [2.75, 3.05) is 0 Å². The molecule has 4 heteroatoms. The van der Waals surface area contributed by atoms with Crippen LogP contribution in [0.1, 0.15) is 36.6 Å². The van der Waals surface area contributed by atoms with Gasteiger partial charge in [-0.25, -0.2) is 4.98 Å². The minimum Gasteiger partial charge on any atom is -0.481 e. The molecule has 3 rings (SSSR count). The van der Waals surface area contributed by atoms with Crippen molar-refractivity contribution in [2.45, 2.75) is 32.1 Å². The third kappa shape index (κ3) is 1.98. The summed E-state index contributed by atoms with van der Waals surface area (Å²) in [4.78, 5) is 15.3. The third-order valence-electron chi connectivity index (χ3n) is 3.54. The normalized spacial score (nSPS) is 16.9. The van der Waals surface area contributed by atoms with Gasteiger partial charge >= 0.3 is 5.97 Å². The summed E-state index contributed by atoms with van der Waals surface area (Å²) in [5.74, 6) is 0.415. The number of oxazole rings is 1. The molecule has 1 atom stereocenters. The van der Waals surface area contributed by atoms with Gasteiger partial charge < -0.3 is 9.52 Å². The fourth-order valence-corrected chi connectivity index (χ4v) is 2.59. The van der Waals surface area contributed by atoms with Crippen molar-refractivity contribution in [3.8, 4) is 0 Å². The Balaban J connectivity index is 2.07. The van der Waals surface area contributed by atoms with Gasteiger partial charge in [0.2, 0.25) is 0 Å². The van der Waals surface area contributed by atoms with E-state index >= 15 is 0 Å². The van der Waals surface area contributed by atoms with Crippen molar-refractivity contribution in [3.63, 3.8) is 0 Å². The van der Waals surface area contributed by atoms with Crippen LogP contribution in [0.15, 0.2) is 22.6 Å². The monoisotopic (exact) mass is 245 g/mol. The number of aryl methyl sites for hydroxylation is 1. The van der Waals surface area contributed by atoms with Gasteiger partial charge in [-0.1, -0.05) is 12.1 Å². The highest BCUT2D eigenvalue weighted by atomic mass is 16.4. The van der Waals surface area contributed by atoms with Crippen molar-refractivity contribution in [1.29, 1.82) is 0 Å². The third-order valence-corrected chi connectivity index (χ3v) is 3.54. The van der Waals surface area contributed by atoms with E-state index in [1.807, 2.05) is 25.1 Å². The molecule has 18 heavy (non-hydrogen) atoms. The molecule has 1 aliphatic rings. The largest absolute Gasteiger partial charge is 0.481 e. The maximum atomic E-state index is 11.0. The zero-order valence-electron chi connectivity index (χ0n) is 10.2. The Morgan fingerprint density at radius 1 is 1.56 bits per heavy atom. The molecule has 1 heterocycles. The van der Waals surface area contributed by atoms with Crippen molar-refractivity contribution < 1.29 is 14.3 Å².